The van der Waals surface area contributed by atoms with E-state index in [2.05, 4.69) is 15.3 Å². The van der Waals surface area contributed by atoms with Gasteiger partial charge in [0.1, 0.15) is 5.82 Å². The van der Waals surface area contributed by atoms with Crippen molar-refractivity contribution in [2.24, 2.45) is 0 Å². The summed E-state index contributed by atoms with van der Waals surface area (Å²) in [6, 6.07) is 3.65. The molecule has 1 aromatic heterocycles. The Morgan fingerprint density at radius 1 is 0.966 bits per heavy atom. The molecule has 0 unspecified atom stereocenters. The summed E-state index contributed by atoms with van der Waals surface area (Å²) in [6.07, 6.45) is 8.89. The molecule has 1 aromatic carbocycles. The van der Waals surface area contributed by atoms with Crippen molar-refractivity contribution in [2.45, 2.75) is 57.8 Å². The molecule has 0 amide bonds. The number of halogens is 1. The van der Waals surface area contributed by atoms with E-state index in [9.17, 15) is 4.79 Å². The fourth-order valence-electron chi connectivity index (χ4n) is 3.23. The lowest BCUT2D eigenvalue weighted by Gasteiger charge is -2.12. The number of anilines is 1. The summed E-state index contributed by atoms with van der Waals surface area (Å²) in [6.45, 7) is 0.801. The molecule has 2 aromatic rings. The minimum Gasteiger partial charge on any atom is -0.493 e. The molecule has 0 atom stereocenters. The SMILES string of the molecule is COc1cc2nc(Cl)nc(NCCCCCCCCCCC(=O)O)c2cc1OC. The van der Waals surface area contributed by atoms with Crippen LogP contribution < -0.4 is 14.8 Å². The Morgan fingerprint density at radius 3 is 2.17 bits per heavy atom. The van der Waals surface area contributed by atoms with E-state index in [0.717, 1.165) is 44.0 Å². The van der Waals surface area contributed by atoms with Crippen LogP contribution in [-0.4, -0.2) is 41.8 Å². The molecule has 0 saturated carbocycles. The van der Waals surface area contributed by atoms with Crippen molar-refractivity contribution in [1.29, 1.82) is 0 Å². The van der Waals surface area contributed by atoms with Crippen LogP contribution in [0.4, 0.5) is 5.82 Å². The average Bonchev–Trinajstić information content (AvgIpc) is 2.70. The number of carbonyl (C=O) groups is 1. The molecule has 0 aliphatic carbocycles. The minimum atomic E-state index is -0.701. The average molecular weight is 424 g/mol. The quantitative estimate of drug-likeness (QED) is 0.314. The normalized spacial score (nSPS) is 10.9. The molecule has 0 bridgehead atoms. The van der Waals surface area contributed by atoms with E-state index in [1.165, 1.54) is 19.3 Å². The predicted molar refractivity (Wildman–Crippen MR) is 115 cm³/mol. The third-order valence-corrected chi connectivity index (χ3v) is 4.95. The van der Waals surface area contributed by atoms with E-state index < -0.39 is 5.97 Å². The van der Waals surface area contributed by atoms with Crippen molar-refractivity contribution in [3.05, 3.63) is 17.4 Å². The Balaban J connectivity index is 1.75. The molecule has 0 aliphatic heterocycles. The smallest absolute Gasteiger partial charge is 0.303 e. The van der Waals surface area contributed by atoms with E-state index in [0.29, 0.717) is 22.8 Å². The van der Waals surface area contributed by atoms with E-state index in [1.54, 1.807) is 20.3 Å². The maximum atomic E-state index is 10.5. The van der Waals surface area contributed by atoms with Gasteiger partial charge in [-0.05, 0) is 30.5 Å². The molecular weight excluding hydrogens is 394 g/mol. The van der Waals surface area contributed by atoms with Gasteiger partial charge < -0.3 is 19.9 Å². The molecule has 7 nitrogen and oxygen atoms in total. The summed E-state index contributed by atoms with van der Waals surface area (Å²) < 4.78 is 10.7. The van der Waals surface area contributed by atoms with Crippen LogP contribution in [0.2, 0.25) is 5.28 Å². The van der Waals surface area contributed by atoms with Gasteiger partial charge in [0.15, 0.2) is 11.5 Å². The number of hydrogen-bond acceptors (Lipinski definition) is 6. The van der Waals surface area contributed by atoms with Gasteiger partial charge in [-0.1, -0.05) is 38.5 Å². The van der Waals surface area contributed by atoms with Crippen molar-refractivity contribution in [2.75, 3.05) is 26.1 Å². The highest BCUT2D eigenvalue weighted by Crippen LogP contribution is 2.34. The highest BCUT2D eigenvalue weighted by molar-refractivity contribution is 6.28. The maximum absolute atomic E-state index is 10.5. The molecule has 0 radical (unpaired) electrons. The second-order valence-corrected chi connectivity index (χ2v) is 7.30. The fraction of sp³-hybridized carbons (Fsp3) is 0.571. The number of carboxylic acid groups (broad SMARTS) is 1. The molecule has 2 rings (SSSR count). The van der Waals surface area contributed by atoms with Crippen LogP contribution in [0.15, 0.2) is 12.1 Å². The largest absolute Gasteiger partial charge is 0.493 e. The highest BCUT2D eigenvalue weighted by Gasteiger charge is 2.12. The summed E-state index contributed by atoms with van der Waals surface area (Å²) in [5, 5.41) is 13.0. The van der Waals surface area contributed by atoms with Crippen LogP contribution in [0.25, 0.3) is 10.9 Å². The van der Waals surface area contributed by atoms with Gasteiger partial charge in [0, 0.05) is 24.4 Å². The first-order valence-electron chi connectivity index (χ1n) is 10.1. The summed E-state index contributed by atoms with van der Waals surface area (Å²) in [5.74, 6) is 1.22. The Morgan fingerprint density at radius 2 is 1.55 bits per heavy atom. The molecule has 0 saturated heterocycles. The number of aromatic nitrogens is 2. The molecule has 0 spiro atoms. The first kappa shape index (κ1) is 23.0. The van der Waals surface area contributed by atoms with Crippen LogP contribution in [0, 0.1) is 0 Å². The number of benzene rings is 1. The number of nitrogens with one attached hydrogen (secondary N) is 1. The van der Waals surface area contributed by atoms with Gasteiger partial charge >= 0.3 is 5.97 Å². The van der Waals surface area contributed by atoms with Crippen molar-refractivity contribution in [3.63, 3.8) is 0 Å². The zero-order valence-corrected chi connectivity index (χ0v) is 17.9. The molecule has 8 heteroatoms. The molecule has 2 N–H and O–H groups in total. The van der Waals surface area contributed by atoms with E-state index in [-0.39, 0.29) is 11.7 Å². The number of ether oxygens (including phenoxy) is 2. The van der Waals surface area contributed by atoms with Crippen molar-refractivity contribution < 1.29 is 19.4 Å². The first-order valence-corrected chi connectivity index (χ1v) is 10.5. The second kappa shape index (κ2) is 12.3. The van der Waals surface area contributed by atoms with Gasteiger partial charge in [0.05, 0.1) is 19.7 Å². The zero-order chi connectivity index (χ0) is 21.1. The molecule has 0 aliphatic rings. The third-order valence-electron chi connectivity index (χ3n) is 4.78. The van der Waals surface area contributed by atoms with Gasteiger partial charge in [-0.25, -0.2) is 9.97 Å². The number of hydrogen-bond donors (Lipinski definition) is 2. The molecule has 160 valence electrons. The predicted octanol–water partition coefficient (Wildman–Crippen LogP) is 5.31. The lowest BCUT2D eigenvalue weighted by atomic mass is 10.1. The number of unbranched alkanes of at least 4 members (excludes halogenated alkanes) is 7. The Labute approximate surface area is 176 Å². The lowest BCUT2D eigenvalue weighted by Crippen LogP contribution is -2.05. The molecular formula is C21H30ClN3O4. The number of nitrogens with zero attached hydrogens (tertiary/aromatic N) is 2. The topological polar surface area (TPSA) is 93.6 Å². The van der Waals surface area contributed by atoms with Crippen molar-refractivity contribution >= 4 is 34.3 Å². The molecule has 0 fully saturated rings. The van der Waals surface area contributed by atoms with Gasteiger partial charge in [0.25, 0.3) is 0 Å². The van der Waals surface area contributed by atoms with Gasteiger partial charge in [-0.3, -0.25) is 4.79 Å². The van der Waals surface area contributed by atoms with Crippen LogP contribution in [0.1, 0.15) is 57.8 Å². The van der Waals surface area contributed by atoms with E-state index in [1.807, 2.05) is 6.07 Å². The third kappa shape index (κ3) is 7.57. The summed E-state index contributed by atoms with van der Waals surface area (Å²) in [7, 11) is 3.18. The Kier molecular flexibility index (Phi) is 9.77. The van der Waals surface area contributed by atoms with Gasteiger partial charge in [0.2, 0.25) is 5.28 Å². The number of fused-ring (bicyclic) bond motifs is 1. The van der Waals surface area contributed by atoms with Gasteiger partial charge in [-0.2, -0.15) is 0 Å². The summed E-state index contributed by atoms with van der Waals surface area (Å²) in [5.41, 5.74) is 0.702. The maximum Gasteiger partial charge on any atom is 0.303 e. The fourth-order valence-corrected chi connectivity index (χ4v) is 3.41. The highest BCUT2D eigenvalue weighted by atomic mass is 35.5. The van der Waals surface area contributed by atoms with Gasteiger partial charge in [-0.15, -0.1) is 0 Å². The number of rotatable bonds is 14. The summed E-state index contributed by atoms with van der Waals surface area (Å²) in [4.78, 5) is 19.1. The number of methoxy groups -OCH3 is 2. The number of aliphatic carboxylic acids is 1. The Bertz CT molecular complexity index is 801. The van der Waals surface area contributed by atoms with Crippen molar-refractivity contribution in [3.8, 4) is 11.5 Å². The van der Waals surface area contributed by atoms with Crippen LogP contribution >= 0.6 is 11.6 Å². The van der Waals surface area contributed by atoms with E-state index in [4.69, 9.17) is 26.2 Å². The van der Waals surface area contributed by atoms with Crippen LogP contribution in [0.3, 0.4) is 0 Å². The standard InChI is InChI=1S/C21H30ClN3O4/c1-28-17-13-15-16(14-18(17)29-2)24-21(22)25-20(15)23-12-10-8-6-4-3-5-7-9-11-19(26)27/h13-14H,3-12H2,1-2H3,(H,26,27)(H,23,24,25). The lowest BCUT2D eigenvalue weighted by molar-refractivity contribution is -0.137. The zero-order valence-electron chi connectivity index (χ0n) is 17.2. The Hall–Kier alpha value is -2.28. The summed E-state index contributed by atoms with van der Waals surface area (Å²) >= 11 is 6.08. The molecule has 29 heavy (non-hydrogen) atoms. The van der Waals surface area contributed by atoms with E-state index >= 15 is 0 Å². The van der Waals surface area contributed by atoms with Crippen LogP contribution in [0.5, 0.6) is 11.5 Å². The monoisotopic (exact) mass is 423 g/mol. The van der Waals surface area contributed by atoms with Crippen molar-refractivity contribution in [1.82, 2.24) is 9.97 Å². The minimum absolute atomic E-state index is 0.190. The number of carboxylic acids is 1. The van der Waals surface area contributed by atoms with Crippen LogP contribution in [-0.2, 0) is 4.79 Å². The molecule has 1 heterocycles. The first-order chi connectivity index (χ1) is 14.0. The second-order valence-electron chi connectivity index (χ2n) is 6.96.